The molecular weight excluding hydrogens is 496 g/mol. The zero-order valence-corrected chi connectivity index (χ0v) is 20.1. The summed E-state index contributed by atoms with van der Waals surface area (Å²) in [6, 6.07) is 12.0. The van der Waals surface area contributed by atoms with Gasteiger partial charge in [0.25, 0.3) is 0 Å². The second-order valence-corrected chi connectivity index (χ2v) is 8.45. The number of hydrogen-bond donors (Lipinski definition) is 3. The largest absolute Gasteiger partial charge is 0.445 e. The highest BCUT2D eigenvalue weighted by Crippen LogP contribution is 2.28. The molecule has 0 radical (unpaired) electrons. The lowest BCUT2D eigenvalue weighted by atomic mass is 10.1. The first-order valence-electron chi connectivity index (χ1n) is 11.3. The third-order valence-electron chi connectivity index (χ3n) is 5.54. The Hall–Kier alpha value is -4.77. The number of amides is 2. The number of halogens is 1. The van der Waals surface area contributed by atoms with Crippen molar-refractivity contribution in [1.82, 2.24) is 35.5 Å². The Balaban J connectivity index is 1.39. The Bertz CT molecular complexity index is 1480. The van der Waals surface area contributed by atoms with Gasteiger partial charge in [-0.05, 0) is 47.2 Å². The number of nitrogens with zero attached hydrogens (tertiary/aromatic N) is 5. The number of H-pyrrole nitrogens is 1. The van der Waals surface area contributed by atoms with Gasteiger partial charge in [0.2, 0.25) is 5.91 Å². The van der Waals surface area contributed by atoms with E-state index >= 15 is 0 Å². The van der Waals surface area contributed by atoms with E-state index in [0.29, 0.717) is 39.9 Å². The molecule has 0 fully saturated rings. The van der Waals surface area contributed by atoms with Gasteiger partial charge in [0.15, 0.2) is 0 Å². The normalized spacial score (nSPS) is 16.5. The Morgan fingerprint density at radius 3 is 2.97 bits per heavy atom. The van der Waals surface area contributed by atoms with Crippen LogP contribution in [0, 0.1) is 0 Å². The van der Waals surface area contributed by atoms with Crippen LogP contribution in [0.3, 0.4) is 0 Å². The quantitative estimate of drug-likeness (QED) is 0.274. The van der Waals surface area contributed by atoms with Crippen molar-refractivity contribution in [2.45, 2.75) is 12.5 Å². The summed E-state index contributed by atoms with van der Waals surface area (Å²) in [5.74, 6) is 0.233. The number of benzene rings is 2. The molecule has 37 heavy (non-hydrogen) atoms. The average molecular weight is 517 g/mol. The molecule has 2 aromatic carbocycles. The minimum absolute atomic E-state index is 0.0891. The van der Waals surface area contributed by atoms with Crippen molar-refractivity contribution in [3.05, 3.63) is 89.6 Å². The predicted molar refractivity (Wildman–Crippen MR) is 137 cm³/mol. The number of fused-ring (bicyclic) bond motifs is 4. The van der Waals surface area contributed by atoms with Crippen molar-refractivity contribution < 1.29 is 14.3 Å². The number of para-hydroxylation sites is 1. The Labute approximate surface area is 216 Å². The third kappa shape index (κ3) is 5.73. The van der Waals surface area contributed by atoms with Crippen molar-refractivity contribution in [3.8, 4) is 16.9 Å². The molecule has 1 aliphatic rings. The van der Waals surface area contributed by atoms with Gasteiger partial charge >= 0.3 is 6.09 Å². The lowest BCUT2D eigenvalue weighted by Gasteiger charge is -2.14. The maximum atomic E-state index is 12.9. The molecule has 0 saturated heterocycles. The molecule has 2 aromatic heterocycles. The number of imidazole rings is 1. The van der Waals surface area contributed by atoms with Gasteiger partial charge in [-0.3, -0.25) is 10.1 Å². The second-order valence-electron chi connectivity index (χ2n) is 8.01. The molecule has 11 nitrogen and oxygen atoms in total. The number of tetrazole rings is 1. The first-order chi connectivity index (χ1) is 18.1. The summed E-state index contributed by atoms with van der Waals surface area (Å²) in [7, 11) is 0. The molecule has 1 atom stereocenters. The minimum Gasteiger partial charge on any atom is -0.445 e. The fraction of sp³-hybridized carbons (Fsp3) is 0.120. The molecule has 0 aliphatic carbocycles. The zero-order valence-electron chi connectivity index (χ0n) is 19.3. The molecular formula is C25H21ClN8O3. The number of ether oxygens (including phenoxy) is 1. The van der Waals surface area contributed by atoms with Gasteiger partial charge in [-0.2, -0.15) is 4.68 Å². The zero-order chi connectivity index (χ0) is 25.6. The SMILES string of the molecule is O=C(/C=C/c1cc(Cl)ccc1-n1cnnn1)N[C@H]1C/C=C\COC(=O)Nc2ccccc2-c2cnc1[nH]2. The standard InChI is InChI=1S/C25H21ClN8O3/c26-17-9-10-22(34-15-28-32-33-34)16(13-17)8-11-23(35)29-20-7-3-4-12-37-25(36)31-19-6-2-1-5-18(19)21-14-27-24(20)30-21/h1-6,8-11,13-15,20H,7,12H2,(H,27,30)(H,29,35)(H,31,36)/b4-3-,11-8+/t20-/m0/s1. The summed E-state index contributed by atoms with van der Waals surface area (Å²) in [4.78, 5) is 32.9. The van der Waals surface area contributed by atoms with Crippen LogP contribution < -0.4 is 10.6 Å². The number of hydrogen-bond acceptors (Lipinski definition) is 7. The second kappa shape index (κ2) is 10.9. The highest BCUT2D eigenvalue weighted by atomic mass is 35.5. The van der Waals surface area contributed by atoms with Gasteiger partial charge in [-0.1, -0.05) is 42.0 Å². The Morgan fingerprint density at radius 1 is 1.22 bits per heavy atom. The maximum Gasteiger partial charge on any atom is 0.411 e. The minimum atomic E-state index is -0.562. The first kappa shape index (κ1) is 23.9. The van der Waals surface area contributed by atoms with Crippen LogP contribution in [0.1, 0.15) is 23.9 Å². The van der Waals surface area contributed by atoms with Crippen LogP contribution in [0.15, 0.2) is 73.2 Å². The van der Waals surface area contributed by atoms with E-state index in [1.165, 1.54) is 17.1 Å². The summed E-state index contributed by atoms with van der Waals surface area (Å²) in [6.45, 7) is 0.0891. The van der Waals surface area contributed by atoms with Crippen molar-refractivity contribution in [3.63, 3.8) is 0 Å². The Morgan fingerprint density at radius 2 is 2.11 bits per heavy atom. The topological polar surface area (TPSA) is 140 Å². The van der Waals surface area contributed by atoms with Crippen molar-refractivity contribution in [2.24, 2.45) is 0 Å². The van der Waals surface area contributed by atoms with Gasteiger partial charge in [-0.25, -0.2) is 9.78 Å². The molecule has 0 saturated carbocycles. The van der Waals surface area contributed by atoms with Gasteiger partial charge in [0.05, 0.1) is 29.3 Å². The van der Waals surface area contributed by atoms with E-state index < -0.39 is 12.1 Å². The van der Waals surface area contributed by atoms with Crippen molar-refractivity contribution in [2.75, 3.05) is 11.9 Å². The molecule has 3 heterocycles. The van der Waals surface area contributed by atoms with Crippen LogP contribution in [0.2, 0.25) is 5.02 Å². The van der Waals surface area contributed by atoms with Crippen molar-refractivity contribution >= 4 is 35.4 Å². The number of cyclic esters (lactones) is 1. The Kier molecular flexibility index (Phi) is 7.04. The van der Waals surface area contributed by atoms with E-state index in [1.807, 2.05) is 24.3 Å². The summed E-state index contributed by atoms with van der Waals surface area (Å²) >= 11 is 6.17. The van der Waals surface area contributed by atoms with E-state index in [2.05, 4.69) is 36.1 Å². The third-order valence-corrected chi connectivity index (χ3v) is 5.78. The lowest BCUT2D eigenvalue weighted by Crippen LogP contribution is -2.27. The molecule has 12 heteroatoms. The van der Waals surface area contributed by atoms with E-state index in [4.69, 9.17) is 16.3 Å². The molecule has 2 amide bonds. The van der Waals surface area contributed by atoms with Crippen LogP contribution in [0.5, 0.6) is 0 Å². The summed E-state index contributed by atoms with van der Waals surface area (Å²) in [5.41, 5.74) is 3.34. The fourth-order valence-electron chi connectivity index (χ4n) is 3.81. The predicted octanol–water partition coefficient (Wildman–Crippen LogP) is 4.08. The number of aromatic amines is 1. The molecule has 5 rings (SSSR count). The lowest BCUT2D eigenvalue weighted by molar-refractivity contribution is -0.117. The van der Waals surface area contributed by atoms with Crippen LogP contribution in [-0.4, -0.2) is 48.8 Å². The van der Waals surface area contributed by atoms with Crippen molar-refractivity contribution in [1.29, 1.82) is 0 Å². The van der Waals surface area contributed by atoms with Crippen LogP contribution in [0.4, 0.5) is 10.5 Å². The number of rotatable bonds is 4. The molecule has 3 N–H and O–H groups in total. The molecule has 0 unspecified atom stereocenters. The van der Waals surface area contributed by atoms with E-state index in [9.17, 15) is 9.59 Å². The number of nitrogens with one attached hydrogen (secondary N) is 3. The monoisotopic (exact) mass is 516 g/mol. The van der Waals surface area contributed by atoms with Crippen LogP contribution >= 0.6 is 11.6 Å². The number of aromatic nitrogens is 6. The highest BCUT2D eigenvalue weighted by Gasteiger charge is 2.18. The maximum absolute atomic E-state index is 12.9. The smallest absolute Gasteiger partial charge is 0.411 e. The van der Waals surface area contributed by atoms with Gasteiger partial charge in [0.1, 0.15) is 18.8 Å². The van der Waals surface area contributed by atoms with Gasteiger partial charge in [0, 0.05) is 22.2 Å². The average Bonchev–Trinajstić information content (AvgIpc) is 3.60. The fourth-order valence-corrected chi connectivity index (χ4v) is 3.99. The number of carbonyl (C=O) groups excluding carboxylic acids is 2. The van der Waals surface area contributed by atoms with Gasteiger partial charge in [-0.15, -0.1) is 5.10 Å². The van der Waals surface area contributed by atoms with E-state index in [1.54, 1.807) is 42.6 Å². The first-order valence-corrected chi connectivity index (χ1v) is 11.7. The summed E-state index contributed by atoms with van der Waals surface area (Å²) in [5, 5.41) is 17.5. The number of anilines is 1. The number of carbonyl (C=O) groups is 2. The molecule has 4 aromatic rings. The van der Waals surface area contributed by atoms with Crippen LogP contribution in [0.25, 0.3) is 23.0 Å². The van der Waals surface area contributed by atoms with Crippen LogP contribution in [-0.2, 0) is 9.53 Å². The van der Waals surface area contributed by atoms with Gasteiger partial charge < -0.3 is 15.0 Å². The summed E-state index contributed by atoms with van der Waals surface area (Å²) < 4.78 is 6.70. The highest BCUT2D eigenvalue weighted by molar-refractivity contribution is 6.30. The summed E-state index contributed by atoms with van der Waals surface area (Å²) in [6.07, 6.45) is 9.57. The van der Waals surface area contributed by atoms with E-state index in [-0.39, 0.29) is 12.5 Å². The molecule has 0 spiro atoms. The molecule has 186 valence electrons. The van der Waals surface area contributed by atoms with E-state index in [0.717, 1.165) is 5.56 Å². The molecule has 2 bridgehead atoms. The molecule has 1 aliphatic heterocycles.